The van der Waals surface area contributed by atoms with Gasteiger partial charge < -0.3 is 14.4 Å². The molecule has 0 fully saturated rings. The second-order valence-corrected chi connectivity index (χ2v) is 0.854. The Morgan fingerprint density at radius 3 is 1.67 bits per heavy atom. The molecule has 0 nitrogen and oxygen atoms in total. The fraction of sp³-hybridized carbons (Fsp3) is 0.600. The van der Waals surface area contributed by atoms with Gasteiger partial charge in [0, 0.05) is 0 Å². The summed E-state index contributed by atoms with van der Waals surface area (Å²) < 4.78 is 0. The normalized spacial score (nSPS) is 5.00. The zero-order valence-corrected chi connectivity index (χ0v) is 5.97. The van der Waals surface area contributed by atoms with Gasteiger partial charge in [0.25, 0.3) is 0 Å². The predicted molar refractivity (Wildman–Crippen MR) is 26.7 cm³/mol. The van der Waals surface area contributed by atoms with Gasteiger partial charge in [0.2, 0.25) is 0 Å². The molecule has 0 N–H and O–H groups in total. The van der Waals surface area contributed by atoms with Crippen molar-refractivity contribution in [2.75, 3.05) is 0 Å². The van der Waals surface area contributed by atoms with E-state index in [1.165, 1.54) is 6.42 Å². The van der Waals surface area contributed by atoms with Crippen molar-refractivity contribution < 1.29 is 18.6 Å². The molecule has 0 aliphatic rings. The van der Waals surface area contributed by atoms with Gasteiger partial charge in [-0.2, -0.15) is 6.42 Å². The summed E-state index contributed by atoms with van der Waals surface area (Å²) >= 11 is 0. The Balaban J connectivity index is -0.0000000450. The van der Waals surface area contributed by atoms with E-state index in [1.807, 2.05) is 0 Å². The average molecular weight is 123 g/mol. The van der Waals surface area contributed by atoms with Gasteiger partial charge in [-0.3, -0.25) is 0 Å². The van der Waals surface area contributed by atoms with Crippen molar-refractivity contribution in [1.82, 2.24) is 0 Å². The van der Waals surface area contributed by atoms with Crippen LogP contribution in [0, 0.1) is 14.4 Å². The third kappa shape index (κ3) is 23.5. The molecule has 0 aromatic heterocycles. The summed E-state index contributed by atoms with van der Waals surface area (Å²) in [6.07, 6.45) is 2.28. The first kappa shape index (κ1) is 16.0. The number of unbranched alkanes of at least 4 members (excludes halogenated alkanes) is 1. The van der Waals surface area contributed by atoms with E-state index < -0.39 is 0 Å². The summed E-state index contributed by atoms with van der Waals surface area (Å²) in [4.78, 5) is 0. The Kier molecular flexibility index (Phi) is 46.8. The monoisotopic (exact) mass is 123 g/mol. The topological polar surface area (TPSA) is 0 Å². The Morgan fingerprint density at radius 2 is 1.67 bits per heavy atom. The smallest absolute Gasteiger partial charge is 0.358 e. The van der Waals surface area contributed by atoms with Crippen molar-refractivity contribution in [3.05, 3.63) is 14.4 Å². The van der Waals surface area contributed by atoms with Gasteiger partial charge in [0.15, 0.2) is 0 Å². The van der Waals surface area contributed by atoms with Crippen LogP contribution in [-0.2, 0) is 18.6 Å². The van der Waals surface area contributed by atoms with Gasteiger partial charge in [0.1, 0.15) is 0 Å². The van der Waals surface area contributed by atoms with Crippen molar-refractivity contribution in [2.24, 2.45) is 0 Å². The molecule has 0 aliphatic carbocycles. The van der Waals surface area contributed by atoms with E-state index in [4.69, 9.17) is 0 Å². The van der Waals surface area contributed by atoms with E-state index in [0.717, 1.165) is 6.42 Å². The van der Waals surface area contributed by atoms with E-state index in [2.05, 4.69) is 13.8 Å². The molecule has 0 saturated heterocycles. The molecule has 37 valence electrons. The van der Waals surface area contributed by atoms with Crippen LogP contribution in [-0.4, -0.2) is 0 Å². The fourth-order valence-corrected chi connectivity index (χ4v) is 0. The Hall–Kier alpha value is 0.584. The minimum absolute atomic E-state index is 0. The molecule has 1 radical (unpaired) electrons. The molecular formula is C5H12V. The van der Waals surface area contributed by atoms with Crippen molar-refractivity contribution in [3.8, 4) is 0 Å². The molecule has 0 aromatic rings. The van der Waals surface area contributed by atoms with Gasteiger partial charge >= 0.3 is 18.6 Å². The molecule has 6 heavy (non-hydrogen) atoms. The van der Waals surface area contributed by atoms with Crippen LogP contribution in [0.5, 0.6) is 0 Å². The second kappa shape index (κ2) is 17.6. The Labute approximate surface area is 53.2 Å². The van der Waals surface area contributed by atoms with Crippen LogP contribution in [0.4, 0.5) is 0 Å². The van der Waals surface area contributed by atoms with Gasteiger partial charge in [-0.25, -0.2) is 0 Å². The molecule has 0 heterocycles. The SMILES string of the molecule is [CH2-]CCC.[CH3-].[V+2]. The van der Waals surface area contributed by atoms with Gasteiger partial charge in [0.05, 0.1) is 0 Å². The van der Waals surface area contributed by atoms with Crippen molar-refractivity contribution in [3.63, 3.8) is 0 Å². The second-order valence-electron chi connectivity index (χ2n) is 0.854. The van der Waals surface area contributed by atoms with Crippen LogP contribution in [0.3, 0.4) is 0 Å². The zero-order valence-electron chi connectivity index (χ0n) is 4.57. The first-order valence-electron chi connectivity index (χ1n) is 1.71. The summed E-state index contributed by atoms with van der Waals surface area (Å²) in [6.45, 7) is 5.72. The van der Waals surface area contributed by atoms with Crippen LogP contribution in [0.15, 0.2) is 0 Å². The van der Waals surface area contributed by atoms with Crippen LogP contribution in [0.2, 0.25) is 0 Å². The fourth-order valence-electron chi connectivity index (χ4n) is 0. The summed E-state index contributed by atoms with van der Waals surface area (Å²) in [6, 6.07) is 0. The van der Waals surface area contributed by atoms with Crippen molar-refractivity contribution >= 4 is 0 Å². The summed E-state index contributed by atoms with van der Waals surface area (Å²) in [7, 11) is 0. The van der Waals surface area contributed by atoms with Gasteiger partial charge in [-0.05, 0) is 0 Å². The van der Waals surface area contributed by atoms with Crippen LogP contribution < -0.4 is 0 Å². The molecule has 0 saturated carbocycles. The summed E-state index contributed by atoms with van der Waals surface area (Å²) in [5, 5.41) is 0. The van der Waals surface area contributed by atoms with Crippen LogP contribution >= 0.6 is 0 Å². The first-order chi connectivity index (χ1) is 1.91. The van der Waals surface area contributed by atoms with Gasteiger partial charge in [-0.1, -0.05) is 13.3 Å². The van der Waals surface area contributed by atoms with E-state index >= 15 is 0 Å². The first-order valence-corrected chi connectivity index (χ1v) is 1.71. The average Bonchev–Trinajstić information content (AvgIpc) is 1.37. The van der Waals surface area contributed by atoms with Crippen molar-refractivity contribution in [1.29, 1.82) is 0 Å². The Morgan fingerprint density at radius 1 is 1.50 bits per heavy atom. The molecular weight excluding hydrogens is 111 g/mol. The maximum Gasteiger partial charge on any atom is 2.00 e. The largest absolute Gasteiger partial charge is 2.00 e. The Bertz CT molecular complexity index is 5.90. The number of hydrogen-bond acceptors (Lipinski definition) is 0. The van der Waals surface area contributed by atoms with E-state index in [0.29, 0.717) is 0 Å². The maximum atomic E-state index is 3.60. The van der Waals surface area contributed by atoms with Crippen molar-refractivity contribution in [2.45, 2.75) is 19.8 Å². The molecule has 0 unspecified atom stereocenters. The summed E-state index contributed by atoms with van der Waals surface area (Å²) in [5.74, 6) is 0. The van der Waals surface area contributed by atoms with E-state index in [-0.39, 0.29) is 26.0 Å². The molecule has 0 atom stereocenters. The molecule has 0 aliphatic heterocycles. The molecule has 0 amide bonds. The standard InChI is InChI=1S/C4H9.CH3.V/c1-3-4-2;;/h1,3-4H2,2H3;1H3;/q2*-1;+2. The van der Waals surface area contributed by atoms with Crippen LogP contribution in [0.25, 0.3) is 0 Å². The number of rotatable bonds is 1. The third-order valence-electron chi connectivity index (χ3n) is 0.354. The minimum Gasteiger partial charge on any atom is -0.358 e. The molecule has 0 aromatic carbocycles. The third-order valence-corrected chi connectivity index (χ3v) is 0.354. The van der Waals surface area contributed by atoms with Crippen LogP contribution in [0.1, 0.15) is 19.8 Å². The minimum atomic E-state index is 0. The maximum absolute atomic E-state index is 3.60. The molecule has 0 bridgehead atoms. The van der Waals surface area contributed by atoms with E-state index in [9.17, 15) is 0 Å². The van der Waals surface area contributed by atoms with E-state index in [1.54, 1.807) is 0 Å². The predicted octanol–water partition coefficient (Wildman–Crippen LogP) is 2.07. The van der Waals surface area contributed by atoms with Gasteiger partial charge in [-0.15, -0.1) is 0 Å². The molecule has 1 heteroatoms. The molecule has 0 spiro atoms. The summed E-state index contributed by atoms with van der Waals surface area (Å²) in [5.41, 5.74) is 0. The molecule has 0 rings (SSSR count). The number of hydrogen-bond donors (Lipinski definition) is 0. The zero-order chi connectivity index (χ0) is 3.41. The quantitative estimate of drug-likeness (QED) is 0.468.